The van der Waals surface area contributed by atoms with Crippen molar-refractivity contribution in [1.82, 2.24) is 4.90 Å². The van der Waals surface area contributed by atoms with Crippen molar-refractivity contribution >= 4 is 11.9 Å². The van der Waals surface area contributed by atoms with Crippen molar-refractivity contribution in [3.05, 3.63) is 47.5 Å². The van der Waals surface area contributed by atoms with Gasteiger partial charge in [-0.05, 0) is 59.6 Å². The molecule has 1 unspecified atom stereocenters. The molecule has 3 aliphatic rings. The first-order chi connectivity index (χ1) is 18.9. The van der Waals surface area contributed by atoms with Gasteiger partial charge in [0.15, 0.2) is 28.8 Å². The van der Waals surface area contributed by atoms with Crippen LogP contribution in [0.25, 0.3) is 0 Å². The Morgan fingerprint density at radius 1 is 0.875 bits per heavy atom. The molecule has 2 aromatic rings. The molecular formula is C29H32F3NO7. The minimum atomic E-state index is -4.99. The van der Waals surface area contributed by atoms with E-state index < -0.39 is 29.6 Å². The summed E-state index contributed by atoms with van der Waals surface area (Å²) in [5.74, 6) is 1.37. The van der Waals surface area contributed by atoms with Crippen LogP contribution in [0.15, 0.2) is 36.4 Å². The summed E-state index contributed by atoms with van der Waals surface area (Å²) < 4.78 is 67.8. The van der Waals surface area contributed by atoms with Crippen molar-refractivity contribution in [3.8, 4) is 23.0 Å². The summed E-state index contributed by atoms with van der Waals surface area (Å²) in [4.78, 5) is 26.4. The molecular weight excluding hydrogens is 531 g/mol. The molecule has 3 heterocycles. The molecule has 0 bridgehead atoms. The predicted molar refractivity (Wildman–Crippen MR) is 137 cm³/mol. The number of fused-ring (bicyclic) bond motifs is 2. The molecule has 1 saturated heterocycles. The van der Waals surface area contributed by atoms with Crippen molar-refractivity contribution in [2.45, 2.75) is 58.2 Å². The van der Waals surface area contributed by atoms with Crippen LogP contribution < -0.4 is 18.9 Å². The van der Waals surface area contributed by atoms with Crippen molar-refractivity contribution in [3.63, 3.8) is 0 Å². The van der Waals surface area contributed by atoms with Gasteiger partial charge in [0.2, 0.25) is 13.6 Å². The molecule has 1 atom stereocenters. The van der Waals surface area contributed by atoms with Gasteiger partial charge < -0.3 is 28.6 Å². The minimum absolute atomic E-state index is 0.0470. The van der Waals surface area contributed by atoms with Crippen molar-refractivity contribution < 1.29 is 46.4 Å². The molecule has 0 radical (unpaired) electrons. The second-order valence-corrected chi connectivity index (χ2v) is 11.5. The molecule has 1 amide bonds. The second-order valence-electron chi connectivity index (χ2n) is 11.5. The Balaban J connectivity index is 1.32. The minimum Gasteiger partial charge on any atom is -0.454 e. The van der Waals surface area contributed by atoms with E-state index in [4.69, 9.17) is 23.7 Å². The summed E-state index contributed by atoms with van der Waals surface area (Å²) in [6.45, 7) is 5.63. The van der Waals surface area contributed by atoms with E-state index in [9.17, 15) is 22.8 Å². The second kappa shape index (κ2) is 10.7. The van der Waals surface area contributed by atoms with Gasteiger partial charge in [-0.1, -0.05) is 32.9 Å². The normalized spacial score (nSPS) is 17.7. The van der Waals surface area contributed by atoms with E-state index in [-0.39, 0.29) is 44.9 Å². The Morgan fingerprint density at radius 3 is 1.85 bits per heavy atom. The van der Waals surface area contributed by atoms with E-state index >= 15 is 0 Å². The topological polar surface area (TPSA) is 83.5 Å². The van der Waals surface area contributed by atoms with Gasteiger partial charge in [0, 0.05) is 25.4 Å². The number of hydrogen-bond acceptors (Lipinski definition) is 7. The predicted octanol–water partition coefficient (Wildman–Crippen LogP) is 6.06. The molecule has 8 nitrogen and oxygen atoms in total. The highest BCUT2D eigenvalue weighted by molar-refractivity contribution is 5.86. The lowest BCUT2D eigenvalue weighted by molar-refractivity contribution is -0.206. The molecule has 3 aliphatic heterocycles. The molecule has 0 spiro atoms. The van der Waals surface area contributed by atoms with Crippen LogP contribution in [0.2, 0.25) is 0 Å². The fourth-order valence-electron chi connectivity index (χ4n) is 5.47. The Bertz CT molecular complexity index is 1210. The maximum absolute atomic E-state index is 13.7. The van der Waals surface area contributed by atoms with Gasteiger partial charge in [0.1, 0.15) is 0 Å². The molecule has 0 saturated carbocycles. The average Bonchev–Trinajstić information content (AvgIpc) is 3.55. The summed E-state index contributed by atoms with van der Waals surface area (Å²) >= 11 is 0. The number of benzene rings is 2. The fourth-order valence-corrected chi connectivity index (χ4v) is 5.47. The first-order valence-electron chi connectivity index (χ1n) is 13.2. The summed E-state index contributed by atoms with van der Waals surface area (Å²) in [6, 6.07) is 11.5. The number of rotatable bonds is 6. The molecule has 1 fully saturated rings. The first-order valence-corrected chi connectivity index (χ1v) is 13.2. The molecule has 5 rings (SSSR count). The molecule has 0 aliphatic carbocycles. The molecule has 40 heavy (non-hydrogen) atoms. The van der Waals surface area contributed by atoms with Crippen LogP contribution in [0, 0.1) is 11.3 Å². The number of alkyl halides is 3. The van der Waals surface area contributed by atoms with Gasteiger partial charge in [0.25, 0.3) is 6.10 Å². The summed E-state index contributed by atoms with van der Waals surface area (Å²) in [5, 5.41) is 0. The number of carbonyl (C=O) groups excluding carboxylic acids is 2. The smallest absolute Gasteiger partial charge is 0.432 e. The SMILES string of the molecule is CC(C)(C)CC(=O)C(OC(=O)N1CCC(C(c2ccc3c(c2)OCO3)c2ccc3c(c2)OCO3)CC1)C(F)(F)F. The zero-order valence-electron chi connectivity index (χ0n) is 22.6. The van der Waals surface area contributed by atoms with Gasteiger partial charge in [-0.25, -0.2) is 4.79 Å². The lowest BCUT2D eigenvalue weighted by Gasteiger charge is -2.37. The van der Waals surface area contributed by atoms with E-state index in [1.807, 2.05) is 36.4 Å². The van der Waals surface area contributed by atoms with Crippen molar-refractivity contribution in [2.75, 3.05) is 26.7 Å². The van der Waals surface area contributed by atoms with Gasteiger partial charge in [0.05, 0.1) is 0 Å². The highest BCUT2D eigenvalue weighted by Gasteiger charge is 2.49. The Kier molecular flexibility index (Phi) is 7.50. The number of carbonyl (C=O) groups is 2. The summed E-state index contributed by atoms with van der Waals surface area (Å²) in [6.07, 6.45) is -8.25. The first kappa shape index (κ1) is 27.9. The highest BCUT2D eigenvalue weighted by atomic mass is 19.4. The summed E-state index contributed by atoms with van der Waals surface area (Å²) in [7, 11) is 0. The molecule has 216 valence electrons. The maximum Gasteiger partial charge on any atom is 0.432 e. The number of ketones is 1. The number of nitrogens with zero attached hydrogens (tertiary/aromatic N) is 1. The van der Waals surface area contributed by atoms with Crippen LogP contribution in [0.1, 0.15) is 57.1 Å². The van der Waals surface area contributed by atoms with E-state index in [1.165, 1.54) is 4.90 Å². The zero-order valence-corrected chi connectivity index (χ0v) is 22.6. The Morgan fingerprint density at radius 2 is 1.38 bits per heavy atom. The van der Waals surface area contributed by atoms with Gasteiger partial charge in [-0.15, -0.1) is 0 Å². The van der Waals surface area contributed by atoms with Gasteiger partial charge in [-0.2, -0.15) is 13.2 Å². The van der Waals surface area contributed by atoms with E-state index in [1.54, 1.807) is 20.8 Å². The molecule has 0 N–H and O–H groups in total. The monoisotopic (exact) mass is 563 g/mol. The molecule has 11 heteroatoms. The standard InChI is InChI=1S/C29H32F3NO7/c1-28(2,3)14-20(34)26(29(30,31)32)40-27(35)33-10-8-17(9-11-33)25(18-4-6-21-23(12-18)38-15-36-21)19-5-7-22-24(13-19)39-16-37-22/h4-7,12-13,17,25-26H,8-11,14-16H2,1-3H3. The number of amides is 1. The number of piperidine rings is 1. The summed E-state index contributed by atoms with van der Waals surface area (Å²) in [5.41, 5.74) is 1.28. The van der Waals surface area contributed by atoms with Crippen LogP contribution in [0.3, 0.4) is 0 Å². The number of hydrogen-bond donors (Lipinski definition) is 0. The third kappa shape index (κ3) is 6.08. The van der Waals surface area contributed by atoms with Crippen LogP contribution in [0.5, 0.6) is 23.0 Å². The van der Waals surface area contributed by atoms with Crippen LogP contribution in [-0.2, 0) is 9.53 Å². The lowest BCUT2D eigenvalue weighted by Crippen LogP contribution is -2.47. The van der Waals surface area contributed by atoms with Crippen LogP contribution in [-0.4, -0.2) is 55.7 Å². The average molecular weight is 564 g/mol. The molecule has 2 aromatic carbocycles. The number of Topliss-reactive ketones (excluding diaryl/α,β-unsaturated/α-hetero) is 1. The maximum atomic E-state index is 13.7. The third-order valence-electron chi connectivity index (χ3n) is 7.29. The van der Waals surface area contributed by atoms with Crippen LogP contribution >= 0.6 is 0 Å². The number of likely N-dealkylation sites (tertiary alicyclic amines) is 1. The van der Waals surface area contributed by atoms with E-state index in [2.05, 4.69) is 0 Å². The highest BCUT2D eigenvalue weighted by Crippen LogP contribution is 2.45. The lowest BCUT2D eigenvalue weighted by atomic mass is 9.76. The van der Waals surface area contributed by atoms with Crippen molar-refractivity contribution in [1.29, 1.82) is 0 Å². The number of ether oxygens (including phenoxy) is 5. The Labute approximate surface area is 230 Å². The van der Waals surface area contributed by atoms with Gasteiger partial charge in [-0.3, -0.25) is 4.79 Å². The molecule has 0 aromatic heterocycles. The van der Waals surface area contributed by atoms with E-state index in [0.717, 1.165) is 11.1 Å². The quantitative estimate of drug-likeness (QED) is 0.423. The van der Waals surface area contributed by atoms with Crippen molar-refractivity contribution in [2.24, 2.45) is 11.3 Å². The fraction of sp³-hybridized carbons (Fsp3) is 0.517. The third-order valence-corrected chi connectivity index (χ3v) is 7.29. The van der Waals surface area contributed by atoms with Crippen LogP contribution in [0.4, 0.5) is 18.0 Å². The van der Waals surface area contributed by atoms with Gasteiger partial charge >= 0.3 is 12.3 Å². The van der Waals surface area contributed by atoms with E-state index in [0.29, 0.717) is 35.8 Å². The Hall–Kier alpha value is -3.63. The number of halogens is 3. The largest absolute Gasteiger partial charge is 0.454 e. The zero-order chi connectivity index (χ0) is 28.7.